The molecule has 2 aromatic rings. The maximum absolute atomic E-state index is 12.8. The number of aryl methyl sites for hydroxylation is 1. The number of carbonyl (C=O) groups is 2. The largest absolute Gasteiger partial charge is 0.368 e. The van der Waals surface area contributed by atoms with Crippen LogP contribution < -0.4 is 10.2 Å². The van der Waals surface area contributed by atoms with E-state index >= 15 is 0 Å². The zero-order valence-electron chi connectivity index (χ0n) is 19.5. The monoisotopic (exact) mass is 408 g/mol. The molecule has 0 saturated carbocycles. The first-order valence-corrected chi connectivity index (χ1v) is 10.7. The van der Waals surface area contributed by atoms with Crippen LogP contribution in [0.25, 0.3) is 0 Å². The molecule has 0 fully saturated rings. The van der Waals surface area contributed by atoms with Crippen LogP contribution in [0.2, 0.25) is 0 Å². The second kappa shape index (κ2) is 9.92. The molecule has 30 heavy (non-hydrogen) atoms. The summed E-state index contributed by atoms with van der Waals surface area (Å²) < 4.78 is 0. The normalized spacial score (nSPS) is 12.5. The number of hydrogen-bond donors (Lipinski definition) is 1. The predicted molar refractivity (Wildman–Crippen MR) is 126 cm³/mol. The van der Waals surface area contributed by atoms with Gasteiger partial charge in [-0.25, -0.2) is 0 Å². The Labute approximate surface area is 181 Å². The number of nitrogens with one attached hydrogen (secondary N) is 1. The lowest BCUT2D eigenvalue weighted by atomic mass is 9.85. The van der Waals surface area contributed by atoms with Crippen molar-refractivity contribution in [2.75, 3.05) is 17.3 Å². The molecule has 0 aliphatic carbocycles. The molecule has 0 aromatic heterocycles. The van der Waals surface area contributed by atoms with Crippen molar-refractivity contribution in [2.24, 2.45) is 5.92 Å². The number of amides is 1. The van der Waals surface area contributed by atoms with Crippen molar-refractivity contribution < 1.29 is 9.59 Å². The van der Waals surface area contributed by atoms with E-state index in [1.54, 1.807) is 0 Å². The Morgan fingerprint density at radius 3 is 2.27 bits per heavy atom. The van der Waals surface area contributed by atoms with Crippen LogP contribution in [0.15, 0.2) is 42.5 Å². The molecule has 162 valence electrons. The molecule has 4 nitrogen and oxygen atoms in total. The summed E-state index contributed by atoms with van der Waals surface area (Å²) in [6.07, 6.45) is 1.78. The van der Waals surface area contributed by atoms with Crippen LogP contribution >= 0.6 is 0 Å². The van der Waals surface area contributed by atoms with Crippen molar-refractivity contribution in [1.29, 1.82) is 0 Å². The highest BCUT2D eigenvalue weighted by atomic mass is 16.1. The van der Waals surface area contributed by atoms with Crippen LogP contribution in [0.4, 0.5) is 11.4 Å². The van der Waals surface area contributed by atoms with Crippen LogP contribution in [0.5, 0.6) is 0 Å². The zero-order chi connectivity index (χ0) is 22.5. The summed E-state index contributed by atoms with van der Waals surface area (Å²) in [6, 6.07) is 14.2. The van der Waals surface area contributed by atoms with Crippen molar-refractivity contribution in [1.82, 2.24) is 0 Å². The Kier molecular flexibility index (Phi) is 7.83. The average molecular weight is 409 g/mol. The third-order valence-electron chi connectivity index (χ3n) is 5.73. The highest BCUT2D eigenvalue weighted by molar-refractivity contribution is 5.96. The van der Waals surface area contributed by atoms with Crippen LogP contribution in [0, 0.1) is 12.8 Å². The number of rotatable bonds is 8. The predicted octanol–water partition coefficient (Wildman–Crippen LogP) is 5.74. The maximum atomic E-state index is 12.8. The fraction of sp³-hybridized carbons (Fsp3) is 0.462. The highest BCUT2D eigenvalue weighted by Crippen LogP contribution is 2.36. The second-order valence-corrected chi connectivity index (χ2v) is 9.47. The fourth-order valence-electron chi connectivity index (χ4n) is 3.52. The maximum Gasteiger partial charge on any atom is 0.228 e. The Hall–Kier alpha value is -2.62. The number of aldehydes is 1. The molecule has 2 rings (SSSR count). The number of benzene rings is 2. The molecule has 0 spiro atoms. The minimum atomic E-state index is -0.0990. The third kappa shape index (κ3) is 6.19. The molecule has 1 unspecified atom stereocenters. The van der Waals surface area contributed by atoms with E-state index in [1.165, 1.54) is 5.56 Å². The Morgan fingerprint density at radius 2 is 1.73 bits per heavy atom. The van der Waals surface area contributed by atoms with E-state index in [1.807, 2.05) is 44.3 Å². The summed E-state index contributed by atoms with van der Waals surface area (Å²) in [5.41, 5.74) is 4.90. The van der Waals surface area contributed by atoms with Crippen LogP contribution in [-0.2, 0) is 16.0 Å². The lowest BCUT2D eigenvalue weighted by Crippen LogP contribution is -2.38. The highest BCUT2D eigenvalue weighted by Gasteiger charge is 2.23. The van der Waals surface area contributed by atoms with Gasteiger partial charge in [-0.3, -0.25) is 4.79 Å². The van der Waals surface area contributed by atoms with E-state index in [-0.39, 0.29) is 17.4 Å². The molecule has 0 heterocycles. The number of anilines is 2. The molecule has 0 aliphatic rings. The van der Waals surface area contributed by atoms with E-state index in [4.69, 9.17) is 0 Å². The first kappa shape index (κ1) is 23.7. The molecule has 0 radical (unpaired) electrons. The van der Waals surface area contributed by atoms with E-state index in [0.29, 0.717) is 18.8 Å². The summed E-state index contributed by atoms with van der Waals surface area (Å²) in [5, 5.41) is 3.13. The summed E-state index contributed by atoms with van der Waals surface area (Å²) in [4.78, 5) is 26.2. The van der Waals surface area contributed by atoms with Gasteiger partial charge in [-0.05, 0) is 62.8 Å². The lowest BCUT2D eigenvalue weighted by molar-refractivity contribution is -0.115. The average Bonchev–Trinajstić information content (AvgIpc) is 2.66. The van der Waals surface area contributed by atoms with E-state index in [9.17, 15) is 9.59 Å². The van der Waals surface area contributed by atoms with Crippen molar-refractivity contribution >= 4 is 23.6 Å². The second-order valence-electron chi connectivity index (χ2n) is 9.47. The molecule has 0 saturated heterocycles. The summed E-state index contributed by atoms with van der Waals surface area (Å²) in [5.74, 6) is 0.415. The molecule has 0 aliphatic heterocycles. The van der Waals surface area contributed by atoms with Crippen molar-refractivity contribution in [3.63, 3.8) is 0 Å². The number of carbonyl (C=O) groups excluding carboxylic acids is 2. The van der Waals surface area contributed by atoms with Crippen LogP contribution in [0.3, 0.4) is 0 Å². The number of nitrogens with zero attached hydrogens (tertiary/aromatic N) is 1. The van der Waals surface area contributed by atoms with Gasteiger partial charge in [0, 0.05) is 19.0 Å². The smallest absolute Gasteiger partial charge is 0.228 e. The van der Waals surface area contributed by atoms with Gasteiger partial charge in [0.1, 0.15) is 6.29 Å². The van der Waals surface area contributed by atoms with Crippen molar-refractivity contribution in [2.45, 2.75) is 65.8 Å². The first-order chi connectivity index (χ1) is 14.0. The first-order valence-electron chi connectivity index (χ1n) is 10.7. The summed E-state index contributed by atoms with van der Waals surface area (Å²) in [6.45, 7) is 12.7. The molecule has 2 aromatic carbocycles. The summed E-state index contributed by atoms with van der Waals surface area (Å²) in [7, 11) is 2.04. The Balaban J connectivity index is 2.38. The summed E-state index contributed by atoms with van der Waals surface area (Å²) >= 11 is 0. The van der Waals surface area contributed by atoms with Crippen LogP contribution in [0.1, 0.15) is 63.6 Å². The molecule has 1 amide bonds. The van der Waals surface area contributed by atoms with Gasteiger partial charge in [0.25, 0.3) is 0 Å². The van der Waals surface area contributed by atoms with Gasteiger partial charge in [0.2, 0.25) is 5.91 Å². The van der Waals surface area contributed by atoms with Gasteiger partial charge in [-0.2, -0.15) is 0 Å². The molecule has 0 bridgehead atoms. The minimum absolute atomic E-state index is 0.0453. The van der Waals surface area contributed by atoms with Gasteiger partial charge in [-0.1, -0.05) is 49.7 Å². The topological polar surface area (TPSA) is 49.4 Å². The van der Waals surface area contributed by atoms with E-state index in [0.717, 1.165) is 28.8 Å². The molecular formula is C26H36N2O2. The van der Waals surface area contributed by atoms with Crippen LogP contribution in [-0.4, -0.2) is 24.8 Å². The van der Waals surface area contributed by atoms with Crippen molar-refractivity contribution in [3.8, 4) is 0 Å². The molecular weight excluding hydrogens is 372 g/mol. The van der Waals surface area contributed by atoms with Gasteiger partial charge in [0.15, 0.2) is 0 Å². The van der Waals surface area contributed by atoms with Gasteiger partial charge in [0.05, 0.1) is 17.8 Å². The standard InChI is InChI=1S/C26H36N2O2/c1-18(2)22(14-15-29)21-12-13-24(28(7)26(4,5)6)23(17-21)27-25(30)16-20-10-8-19(3)9-11-20/h8-13,15,17-18,22H,14,16H2,1-7H3,(H,27,30). The Bertz CT molecular complexity index is 864. The van der Waals surface area contributed by atoms with E-state index in [2.05, 4.69) is 57.0 Å². The molecule has 1 N–H and O–H groups in total. The molecule has 1 atom stereocenters. The van der Waals surface area contributed by atoms with Gasteiger partial charge >= 0.3 is 0 Å². The van der Waals surface area contributed by atoms with Gasteiger partial charge in [-0.15, -0.1) is 0 Å². The number of hydrogen-bond acceptors (Lipinski definition) is 3. The SMILES string of the molecule is Cc1ccc(CC(=O)Nc2cc(C(CC=O)C(C)C)ccc2N(C)C(C)(C)C)cc1. The van der Waals surface area contributed by atoms with Gasteiger partial charge < -0.3 is 15.0 Å². The third-order valence-corrected chi connectivity index (χ3v) is 5.73. The fourth-order valence-corrected chi connectivity index (χ4v) is 3.52. The minimum Gasteiger partial charge on any atom is -0.368 e. The molecule has 4 heteroatoms. The Morgan fingerprint density at radius 1 is 1.10 bits per heavy atom. The van der Waals surface area contributed by atoms with E-state index < -0.39 is 0 Å². The zero-order valence-corrected chi connectivity index (χ0v) is 19.5. The lowest BCUT2D eigenvalue weighted by Gasteiger charge is -2.36. The quantitative estimate of drug-likeness (QED) is 0.567. The van der Waals surface area contributed by atoms with Crippen molar-refractivity contribution in [3.05, 3.63) is 59.2 Å².